The van der Waals surface area contributed by atoms with Crippen LogP contribution >= 0.6 is 23.2 Å². The van der Waals surface area contributed by atoms with Crippen molar-refractivity contribution in [2.75, 3.05) is 42.8 Å². The molecule has 0 saturated heterocycles. The van der Waals surface area contributed by atoms with Gasteiger partial charge in [0.1, 0.15) is 12.4 Å². The summed E-state index contributed by atoms with van der Waals surface area (Å²) >= 11 is 12.7. The number of rotatable bonds is 25. The number of nitrogens with one attached hydrogen (secondary N) is 2. The molecule has 3 aromatic heterocycles. The van der Waals surface area contributed by atoms with Crippen LogP contribution in [0.2, 0.25) is 10.0 Å². The number of aryl methyl sites for hydroxylation is 3. The first-order valence-corrected chi connectivity index (χ1v) is 30.7. The summed E-state index contributed by atoms with van der Waals surface area (Å²) in [6.45, 7) is 13.4. The van der Waals surface area contributed by atoms with Crippen LogP contribution in [0.3, 0.4) is 0 Å². The van der Waals surface area contributed by atoms with Gasteiger partial charge in [0.25, 0.3) is 28.5 Å². The summed E-state index contributed by atoms with van der Waals surface area (Å²) in [5.41, 5.74) is 5.34. The van der Waals surface area contributed by atoms with Crippen molar-refractivity contribution in [3.05, 3.63) is 191 Å². The van der Waals surface area contributed by atoms with E-state index in [0.29, 0.717) is 79.1 Å². The first-order chi connectivity index (χ1) is 42.9. The Labute approximate surface area is 555 Å². The summed E-state index contributed by atoms with van der Waals surface area (Å²) in [7, 11) is 3.54. The van der Waals surface area contributed by atoms with Crippen molar-refractivity contribution in [1.82, 2.24) is 28.7 Å². The summed E-state index contributed by atoms with van der Waals surface area (Å²) < 4.78 is 9.56. The quantitative estimate of drug-likeness (QED) is 0.0178. The second kappa shape index (κ2) is 35.0. The second-order valence-corrected chi connectivity index (χ2v) is 21.9. The van der Waals surface area contributed by atoms with Crippen LogP contribution < -0.4 is 71.6 Å². The number of Topliss-reactive ketones (excluding diaryl/α,β-unsaturated/α-hetero) is 1. The van der Waals surface area contributed by atoms with Crippen molar-refractivity contribution >= 4 is 91.0 Å². The van der Waals surface area contributed by atoms with Crippen molar-refractivity contribution in [2.45, 2.75) is 125 Å². The molecule has 0 aliphatic rings. The number of hydrogen-bond acceptors (Lipinski definition) is 14. The Morgan fingerprint density at radius 3 is 1.80 bits per heavy atom. The van der Waals surface area contributed by atoms with Crippen LogP contribution in [-0.4, -0.2) is 73.6 Å². The van der Waals surface area contributed by atoms with Gasteiger partial charge in [-0.3, -0.25) is 33.3 Å². The van der Waals surface area contributed by atoms with Gasteiger partial charge in [0.05, 0.1) is 68.2 Å². The second-order valence-electron chi connectivity index (χ2n) is 21.1. The molecule has 2 amide bonds. The van der Waals surface area contributed by atoms with E-state index in [-0.39, 0.29) is 71.3 Å². The van der Waals surface area contributed by atoms with Crippen LogP contribution in [0.15, 0.2) is 136 Å². The number of para-hydroxylation sites is 2. The van der Waals surface area contributed by atoms with Crippen LogP contribution in [-0.2, 0) is 29.5 Å². The zero-order chi connectivity index (χ0) is 64.1. The molecule has 0 atom stereocenters. The molecule has 9 aromatic rings. The number of halogens is 2. The zero-order valence-electron chi connectivity index (χ0n) is 52.6. The fraction of sp³-hybridized carbons (Fsp3) is 0.338. The Morgan fingerprint density at radius 2 is 1.20 bits per heavy atom. The molecule has 0 aliphatic heterocycles. The summed E-state index contributed by atoms with van der Waals surface area (Å²) in [4.78, 5) is 102. The Morgan fingerprint density at radius 1 is 0.611 bits per heavy atom. The first kappa shape index (κ1) is 71.3. The molecular formula is C68H76Cl2N9NaO10. The third-order valence-corrected chi connectivity index (χ3v) is 15.5. The average molecular weight is 1270 g/mol. The Bertz CT molecular complexity index is 4140. The maximum Gasteiger partial charge on any atom is 1.00 e. The third kappa shape index (κ3) is 18.5. The number of fused-ring (bicyclic) bond motifs is 3. The smallest absolute Gasteiger partial charge is 0.872 e. The number of aromatic nitrogens is 6. The van der Waals surface area contributed by atoms with Gasteiger partial charge >= 0.3 is 29.6 Å². The van der Waals surface area contributed by atoms with E-state index >= 15 is 0 Å². The van der Waals surface area contributed by atoms with E-state index < -0.39 is 28.5 Å². The summed E-state index contributed by atoms with van der Waals surface area (Å²) in [6.07, 6.45) is 12.5. The first-order valence-electron chi connectivity index (χ1n) is 30.0. The fourth-order valence-electron chi connectivity index (χ4n) is 9.90. The van der Waals surface area contributed by atoms with Crippen LogP contribution in [0.4, 0.5) is 17.1 Å². The summed E-state index contributed by atoms with van der Waals surface area (Å²) in [5.74, 6) is -1.18. The molecule has 19 nitrogen and oxygen atoms in total. The SMILES string of the molecule is CCCCCCCCCCCCOOCc1ccc(Cl)c(NC(=O)c2nc3ccc([O-])cc3n(CC)c2=O)c1.CCN(C)c1cc(C)c2nc(C(C)=O)c(=O)n(-c3ccccc3Cl)c2c1.CCn1c(=O)c(C(=O)Nc2ccccc2)nc2ccc(OC)cc21.[Na+]. The normalized spacial score (nSPS) is 10.9. The standard InChI is InChI=1S/C30H40ClN3O5.C20H20ClN3O2.C18H17N3O3.Na/c1-3-5-6-7-8-9-10-11-12-13-18-38-39-21-22-14-16-24(31)26(19-22)33-29(36)28-30(37)34(4-2)27-20-23(35)15-17-25(27)32-28;1-5-23(4)14-10-12(2)18-17(11-14)24(16-9-7-6-8-15(16)21)20(26)19(22-18)13(3)25;1-3-21-15-11-13(24-2)9-10-14(15)20-16(18(21)23)17(22)19-12-7-5-4-6-8-12;/h14-17,19-20,35H,3-13,18,21H2,1-2H3,(H,33,36);6-11H,5H2,1-4H3;4-11H,3H2,1-2H3,(H,19,22);/q;;;+1/p-1. The van der Waals surface area contributed by atoms with Crippen molar-refractivity contribution in [2.24, 2.45) is 0 Å². The number of nitrogens with zero attached hydrogens (tertiary/aromatic N) is 7. The van der Waals surface area contributed by atoms with Gasteiger partial charge in [-0.2, -0.15) is 0 Å². The van der Waals surface area contributed by atoms with Gasteiger partial charge in [0, 0.05) is 51.0 Å². The predicted octanol–water partition coefficient (Wildman–Crippen LogP) is 10.5. The number of amides is 2. The Balaban J connectivity index is 0.000000222. The van der Waals surface area contributed by atoms with Crippen molar-refractivity contribution < 1.29 is 63.6 Å². The molecule has 0 saturated carbocycles. The minimum absolute atomic E-state index is 0. The van der Waals surface area contributed by atoms with E-state index in [9.17, 15) is 33.9 Å². The molecule has 22 heteroatoms. The number of carbonyl (C=O) groups excluding carboxylic acids is 3. The molecule has 90 heavy (non-hydrogen) atoms. The van der Waals surface area contributed by atoms with Gasteiger partial charge < -0.3 is 34.5 Å². The molecule has 6 aromatic carbocycles. The fourth-order valence-corrected chi connectivity index (χ4v) is 10.3. The van der Waals surface area contributed by atoms with E-state index in [1.165, 1.54) is 90.2 Å². The molecule has 0 radical (unpaired) electrons. The van der Waals surface area contributed by atoms with Gasteiger partial charge in [0.2, 0.25) is 0 Å². The van der Waals surface area contributed by atoms with Crippen LogP contribution in [0.5, 0.6) is 11.5 Å². The molecule has 0 bridgehead atoms. The van der Waals surface area contributed by atoms with E-state index in [0.717, 1.165) is 36.2 Å². The molecule has 3 heterocycles. The van der Waals surface area contributed by atoms with Crippen LogP contribution in [0.25, 0.3) is 38.8 Å². The minimum atomic E-state index is -0.688. The van der Waals surface area contributed by atoms with E-state index in [4.69, 9.17) is 37.7 Å². The largest absolute Gasteiger partial charge is 1.00 e. The topological polar surface area (TPSA) is 234 Å². The number of anilines is 3. The Hall–Kier alpha value is -7.75. The summed E-state index contributed by atoms with van der Waals surface area (Å²) in [6, 6.07) is 34.5. The minimum Gasteiger partial charge on any atom is -0.872 e. The van der Waals surface area contributed by atoms with Crippen LogP contribution in [0, 0.1) is 6.92 Å². The van der Waals surface area contributed by atoms with Gasteiger partial charge in [-0.1, -0.05) is 130 Å². The van der Waals surface area contributed by atoms with Crippen molar-refractivity contribution in [3.8, 4) is 17.2 Å². The van der Waals surface area contributed by atoms with E-state index in [1.54, 1.807) is 92.9 Å². The number of ketones is 1. The summed E-state index contributed by atoms with van der Waals surface area (Å²) in [5, 5.41) is 17.9. The molecule has 0 aliphatic carbocycles. The molecule has 468 valence electrons. The van der Waals surface area contributed by atoms with Gasteiger partial charge in [-0.25, -0.2) is 24.7 Å². The van der Waals surface area contributed by atoms with Crippen molar-refractivity contribution in [3.63, 3.8) is 0 Å². The zero-order valence-corrected chi connectivity index (χ0v) is 56.1. The maximum absolute atomic E-state index is 13.0. The third-order valence-electron chi connectivity index (χ3n) is 14.8. The predicted molar refractivity (Wildman–Crippen MR) is 352 cm³/mol. The molecule has 0 spiro atoms. The van der Waals surface area contributed by atoms with Crippen molar-refractivity contribution in [1.29, 1.82) is 0 Å². The number of benzene rings is 6. The van der Waals surface area contributed by atoms with Crippen LogP contribution in [0.1, 0.15) is 141 Å². The number of unbranched alkanes of at least 4 members (excludes halogenated alkanes) is 9. The van der Waals surface area contributed by atoms with Gasteiger partial charge in [-0.15, -0.1) is 5.75 Å². The van der Waals surface area contributed by atoms with Gasteiger partial charge in [-0.05, 0) is 118 Å². The molecule has 0 fully saturated rings. The van der Waals surface area contributed by atoms with Gasteiger partial charge in [0.15, 0.2) is 22.9 Å². The number of methoxy groups -OCH3 is 1. The number of carbonyl (C=O) groups is 3. The molecule has 2 N–H and O–H groups in total. The maximum atomic E-state index is 13.0. The Kier molecular flexibility index (Phi) is 27.7. The molecule has 0 unspecified atom stereocenters. The number of ether oxygens (including phenoxy) is 1. The number of hydrogen-bond donors (Lipinski definition) is 2. The molecular weight excluding hydrogens is 1200 g/mol. The molecule has 9 rings (SSSR count). The van der Waals surface area contributed by atoms with E-state index in [1.807, 2.05) is 45.2 Å². The monoisotopic (exact) mass is 1270 g/mol. The van der Waals surface area contributed by atoms with E-state index in [2.05, 4.69) is 44.3 Å². The average Bonchev–Trinajstić information content (AvgIpc) is 0.855.